The molecular weight excluding hydrogens is 224 g/mol. The van der Waals surface area contributed by atoms with E-state index in [0.717, 1.165) is 25.8 Å². The van der Waals surface area contributed by atoms with Gasteiger partial charge < -0.3 is 23.9 Å². The summed E-state index contributed by atoms with van der Waals surface area (Å²) in [6.07, 6.45) is 3.06. The standard InChI is InChI=1S/C10H26N2O3Si/c1-12(2)9-7-6-8-10(11)16(13-3,14-4)15-5/h10H,6-9,11H2,1-5H3. The lowest BCUT2D eigenvalue weighted by molar-refractivity contribution is 0.111. The smallest absolute Gasteiger partial charge is 0.376 e. The largest absolute Gasteiger partial charge is 0.517 e. The predicted octanol–water partition coefficient (Wildman–Crippen LogP) is 0.463. The van der Waals surface area contributed by atoms with Gasteiger partial charge >= 0.3 is 8.80 Å². The Morgan fingerprint density at radius 2 is 1.56 bits per heavy atom. The second kappa shape index (κ2) is 8.16. The Morgan fingerprint density at radius 3 is 1.94 bits per heavy atom. The fourth-order valence-corrected chi connectivity index (χ4v) is 3.64. The lowest BCUT2D eigenvalue weighted by atomic mass is 10.2. The first-order chi connectivity index (χ1) is 7.52. The molecule has 16 heavy (non-hydrogen) atoms. The molecule has 5 nitrogen and oxygen atoms in total. The quantitative estimate of drug-likeness (QED) is 0.476. The van der Waals surface area contributed by atoms with Crippen molar-refractivity contribution in [2.45, 2.75) is 24.9 Å². The van der Waals surface area contributed by atoms with Gasteiger partial charge in [0.2, 0.25) is 0 Å². The van der Waals surface area contributed by atoms with Crippen LogP contribution in [0.2, 0.25) is 0 Å². The number of unbranched alkanes of at least 4 members (excludes halogenated alkanes) is 1. The lowest BCUT2D eigenvalue weighted by Gasteiger charge is -2.29. The number of rotatable bonds is 9. The topological polar surface area (TPSA) is 57.0 Å². The maximum atomic E-state index is 6.07. The molecule has 0 fully saturated rings. The molecule has 0 aliphatic rings. The summed E-state index contributed by atoms with van der Waals surface area (Å²) in [5, 5.41) is 0. The normalized spacial score (nSPS) is 14.4. The van der Waals surface area contributed by atoms with Crippen molar-refractivity contribution in [3.05, 3.63) is 0 Å². The van der Waals surface area contributed by atoms with E-state index in [2.05, 4.69) is 19.0 Å². The molecule has 0 heterocycles. The van der Waals surface area contributed by atoms with Crippen LogP contribution in [0.15, 0.2) is 0 Å². The molecule has 0 aromatic carbocycles. The highest BCUT2D eigenvalue weighted by Crippen LogP contribution is 2.15. The first kappa shape index (κ1) is 16.0. The van der Waals surface area contributed by atoms with Crippen molar-refractivity contribution in [1.82, 2.24) is 4.90 Å². The molecule has 98 valence electrons. The van der Waals surface area contributed by atoms with Crippen LogP contribution in [-0.4, -0.2) is 61.3 Å². The number of hydrogen-bond acceptors (Lipinski definition) is 5. The summed E-state index contributed by atoms with van der Waals surface area (Å²) >= 11 is 0. The SMILES string of the molecule is CO[Si](OC)(OC)C(N)CCCCN(C)C. The second-order valence-corrected chi connectivity index (χ2v) is 7.29. The predicted molar refractivity (Wildman–Crippen MR) is 67.2 cm³/mol. The first-order valence-corrected chi connectivity index (χ1v) is 7.38. The molecule has 0 rings (SSSR count). The van der Waals surface area contributed by atoms with E-state index in [9.17, 15) is 0 Å². The average molecular weight is 250 g/mol. The molecule has 1 atom stereocenters. The Kier molecular flexibility index (Phi) is 8.17. The third-order valence-electron chi connectivity index (χ3n) is 2.68. The molecule has 0 saturated heterocycles. The maximum absolute atomic E-state index is 6.07. The molecule has 6 heteroatoms. The van der Waals surface area contributed by atoms with Crippen LogP contribution >= 0.6 is 0 Å². The summed E-state index contributed by atoms with van der Waals surface area (Å²) in [5.41, 5.74) is 5.93. The summed E-state index contributed by atoms with van der Waals surface area (Å²) in [6.45, 7) is 1.08. The Bertz CT molecular complexity index is 169. The van der Waals surface area contributed by atoms with Gasteiger partial charge in [-0.1, -0.05) is 6.42 Å². The molecule has 0 aromatic rings. The van der Waals surface area contributed by atoms with Crippen LogP contribution < -0.4 is 5.73 Å². The summed E-state index contributed by atoms with van der Waals surface area (Å²) < 4.78 is 16.0. The summed E-state index contributed by atoms with van der Waals surface area (Å²) in [5.74, 6) is 0. The van der Waals surface area contributed by atoms with Gasteiger partial charge in [0, 0.05) is 21.3 Å². The summed E-state index contributed by atoms with van der Waals surface area (Å²) in [7, 11) is 6.29. The van der Waals surface area contributed by atoms with E-state index in [1.165, 1.54) is 0 Å². The van der Waals surface area contributed by atoms with Gasteiger partial charge in [0.1, 0.15) is 0 Å². The van der Waals surface area contributed by atoms with Crippen LogP contribution in [0.1, 0.15) is 19.3 Å². The molecule has 0 aliphatic carbocycles. The minimum atomic E-state index is -2.63. The molecule has 1 unspecified atom stereocenters. The van der Waals surface area contributed by atoms with E-state index in [-0.39, 0.29) is 5.67 Å². The van der Waals surface area contributed by atoms with Crippen LogP contribution in [0.5, 0.6) is 0 Å². The van der Waals surface area contributed by atoms with E-state index < -0.39 is 8.80 Å². The molecule has 2 N–H and O–H groups in total. The van der Waals surface area contributed by atoms with Crippen LogP contribution in [0.3, 0.4) is 0 Å². The van der Waals surface area contributed by atoms with E-state index in [1.54, 1.807) is 21.3 Å². The van der Waals surface area contributed by atoms with Gasteiger partial charge in [-0.25, -0.2) is 0 Å². The summed E-state index contributed by atoms with van der Waals surface area (Å²) in [6, 6.07) is 0. The van der Waals surface area contributed by atoms with Gasteiger partial charge in [-0.15, -0.1) is 0 Å². The van der Waals surface area contributed by atoms with Crippen molar-refractivity contribution in [3.63, 3.8) is 0 Å². The van der Waals surface area contributed by atoms with E-state index in [1.807, 2.05) is 0 Å². The fraction of sp³-hybridized carbons (Fsp3) is 1.00. The molecule has 0 radical (unpaired) electrons. The highest BCUT2D eigenvalue weighted by Gasteiger charge is 2.44. The van der Waals surface area contributed by atoms with Gasteiger partial charge in [0.25, 0.3) is 0 Å². The zero-order valence-corrected chi connectivity index (χ0v) is 12.2. The average Bonchev–Trinajstić information content (AvgIpc) is 2.27. The molecular formula is C10H26N2O3Si. The van der Waals surface area contributed by atoms with Gasteiger partial charge in [-0.3, -0.25) is 0 Å². The summed E-state index contributed by atoms with van der Waals surface area (Å²) in [4.78, 5) is 2.17. The van der Waals surface area contributed by atoms with E-state index >= 15 is 0 Å². The molecule has 0 spiro atoms. The van der Waals surface area contributed by atoms with Crippen LogP contribution in [-0.2, 0) is 13.3 Å². The van der Waals surface area contributed by atoms with Gasteiger partial charge in [-0.2, -0.15) is 0 Å². The van der Waals surface area contributed by atoms with Gasteiger partial charge in [0.05, 0.1) is 5.67 Å². The number of nitrogens with two attached hydrogens (primary N) is 1. The van der Waals surface area contributed by atoms with E-state index in [4.69, 9.17) is 19.0 Å². The lowest BCUT2D eigenvalue weighted by Crippen LogP contribution is -2.58. The Balaban J connectivity index is 3.97. The zero-order chi connectivity index (χ0) is 12.6. The van der Waals surface area contributed by atoms with Crippen molar-refractivity contribution in [2.24, 2.45) is 5.73 Å². The third kappa shape index (κ3) is 4.90. The fourth-order valence-electron chi connectivity index (χ4n) is 1.67. The Morgan fingerprint density at radius 1 is 1.06 bits per heavy atom. The van der Waals surface area contributed by atoms with Gasteiger partial charge in [-0.05, 0) is 33.5 Å². The third-order valence-corrected chi connectivity index (χ3v) is 5.58. The van der Waals surface area contributed by atoms with Gasteiger partial charge in [0.15, 0.2) is 0 Å². The van der Waals surface area contributed by atoms with E-state index in [0.29, 0.717) is 0 Å². The Labute approximate surface area is 100 Å². The van der Waals surface area contributed by atoms with Crippen molar-refractivity contribution in [2.75, 3.05) is 42.0 Å². The highest BCUT2D eigenvalue weighted by atomic mass is 28.4. The molecule has 0 aromatic heterocycles. The van der Waals surface area contributed by atoms with Crippen molar-refractivity contribution in [3.8, 4) is 0 Å². The van der Waals surface area contributed by atoms with Crippen LogP contribution in [0.4, 0.5) is 0 Å². The highest BCUT2D eigenvalue weighted by molar-refractivity contribution is 6.62. The molecule has 0 bridgehead atoms. The maximum Gasteiger partial charge on any atom is 0.517 e. The van der Waals surface area contributed by atoms with Crippen LogP contribution in [0.25, 0.3) is 0 Å². The van der Waals surface area contributed by atoms with Crippen molar-refractivity contribution in [1.29, 1.82) is 0 Å². The zero-order valence-electron chi connectivity index (χ0n) is 11.2. The van der Waals surface area contributed by atoms with Crippen LogP contribution in [0, 0.1) is 0 Å². The monoisotopic (exact) mass is 250 g/mol. The molecule has 0 saturated carbocycles. The molecule has 0 aliphatic heterocycles. The minimum Gasteiger partial charge on any atom is -0.376 e. The van der Waals surface area contributed by atoms with Crippen molar-refractivity contribution >= 4 is 8.80 Å². The number of hydrogen-bond donors (Lipinski definition) is 1. The molecule has 0 amide bonds. The first-order valence-electron chi connectivity index (χ1n) is 5.58. The Hall–Kier alpha value is 0.0169. The minimum absolute atomic E-state index is 0.144. The van der Waals surface area contributed by atoms with Crippen molar-refractivity contribution < 1.29 is 13.3 Å². The number of nitrogens with zero attached hydrogens (tertiary/aromatic N) is 1. The second-order valence-electron chi connectivity index (χ2n) is 4.12.